The van der Waals surface area contributed by atoms with E-state index in [4.69, 9.17) is 9.47 Å². The van der Waals surface area contributed by atoms with Crippen molar-refractivity contribution in [1.29, 1.82) is 0 Å². The fourth-order valence-electron chi connectivity index (χ4n) is 4.10. The first kappa shape index (κ1) is 22.1. The number of piperidine rings is 1. The second kappa shape index (κ2) is 8.26. The van der Waals surface area contributed by atoms with Crippen LogP contribution in [0.4, 0.5) is 0 Å². The van der Waals surface area contributed by atoms with E-state index in [1.54, 1.807) is 29.2 Å². The lowest BCUT2D eigenvalue weighted by atomic mass is 9.90. The summed E-state index contributed by atoms with van der Waals surface area (Å²) in [6, 6.07) is 5.51. The van der Waals surface area contributed by atoms with Gasteiger partial charge >= 0.3 is 5.97 Å². The lowest BCUT2D eigenvalue weighted by molar-refractivity contribution is -0.148. The van der Waals surface area contributed by atoms with Crippen molar-refractivity contribution in [1.82, 2.24) is 9.80 Å². The van der Waals surface area contributed by atoms with Crippen molar-refractivity contribution in [2.24, 2.45) is 5.41 Å². The van der Waals surface area contributed by atoms with Crippen LogP contribution in [0.2, 0.25) is 0 Å². The number of hydrogen-bond acceptors (Lipinski definition) is 5. The standard InChI is InChI=1S/C22H30N2O6/c1-21(2,3)13-18(25)23-11-9-22(10-12-23)24(17(14-30-22)20(27)28)19(26)15-5-7-16(29-4)8-6-15/h5-8,17H,9-14H2,1-4H3,(H,27,28)/t17-/m0/s1. The van der Waals surface area contributed by atoms with Gasteiger partial charge in [-0.3, -0.25) is 14.5 Å². The molecule has 2 fully saturated rings. The number of methoxy groups -OCH3 is 1. The summed E-state index contributed by atoms with van der Waals surface area (Å²) < 4.78 is 11.1. The van der Waals surface area contributed by atoms with E-state index >= 15 is 0 Å². The molecule has 0 radical (unpaired) electrons. The van der Waals surface area contributed by atoms with Crippen LogP contribution in [0.3, 0.4) is 0 Å². The Hall–Kier alpha value is -2.61. The SMILES string of the molecule is COc1ccc(C(=O)N2[C@H](C(=O)O)COC23CCN(C(=O)CC(C)(C)C)CC3)cc1. The van der Waals surface area contributed by atoms with Crippen LogP contribution in [0, 0.1) is 5.41 Å². The molecule has 1 N–H and O–H groups in total. The second-order valence-electron chi connectivity index (χ2n) is 9.13. The van der Waals surface area contributed by atoms with Crippen LogP contribution in [-0.2, 0) is 14.3 Å². The highest BCUT2D eigenvalue weighted by atomic mass is 16.5. The van der Waals surface area contributed by atoms with Crippen LogP contribution in [-0.4, -0.2) is 71.3 Å². The van der Waals surface area contributed by atoms with Crippen LogP contribution >= 0.6 is 0 Å². The highest BCUT2D eigenvalue weighted by Crippen LogP contribution is 2.39. The average molecular weight is 418 g/mol. The molecular formula is C22H30N2O6. The maximum atomic E-state index is 13.3. The van der Waals surface area contributed by atoms with Crippen molar-refractivity contribution in [2.75, 3.05) is 26.8 Å². The maximum Gasteiger partial charge on any atom is 0.328 e. The van der Waals surface area contributed by atoms with Gasteiger partial charge in [0.15, 0.2) is 6.04 Å². The molecule has 164 valence electrons. The number of hydrogen-bond donors (Lipinski definition) is 1. The quantitative estimate of drug-likeness (QED) is 0.807. The maximum absolute atomic E-state index is 13.3. The van der Waals surface area contributed by atoms with E-state index in [0.717, 1.165) is 0 Å². The van der Waals surface area contributed by atoms with Crippen molar-refractivity contribution in [3.63, 3.8) is 0 Å². The molecule has 0 aromatic heterocycles. The van der Waals surface area contributed by atoms with Crippen molar-refractivity contribution in [3.05, 3.63) is 29.8 Å². The number of carboxylic acids is 1. The third-order valence-corrected chi connectivity index (χ3v) is 5.68. The summed E-state index contributed by atoms with van der Waals surface area (Å²) in [5.41, 5.74) is -0.752. The van der Waals surface area contributed by atoms with Gasteiger partial charge in [-0.05, 0) is 29.7 Å². The number of carbonyl (C=O) groups excluding carboxylic acids is 2. The number of carboxylic acid groups (broad SMARTS) is 1. The fourth-order valence-corrected chi connectivity index (χ4v) is 4.10. The van der Waals surface area contributed by atoms with Crippen LogP contribution < -0.4 is 4.74 Å². The summed E-state index contributed by atoms with van der Waals surface area (Å²) in [7, 11) is 1.54. The number of amides is 2. The third-order valence-electron chi connectivity index (χ3n) is 5.68. The molecule has 2 amide bonds. The predicted octanol–water partition coefficient (Wildman–Crippen LogP) is 2.38. The molecule has 1 spiro atoms. The third kappa shape index (κ3) is 4.43. The van der Waals surface area contributed by atoms with Crippen molar-refractivity contribution < 1.29 is 29.0 Å². The Kier molecular flexibility index (Phi) is 6.08. The minimum absolute atomic E-state index is 0.0623. The summed E-state index contributed by atoms with van der Waals surface area (Å²) in [6.45, 7) is 6.84. The van der Waals surface area contributed by atoms with E-state index in [2.05, 4.69) is 0 Å². The lowest BCUT2D eigenvalue weighted by Crippen LogP contribution is -2.58. The number of rotatable bonds is 4. The molecule has 3 rings (SSSR count). The number of benzene rings is 1. The Morgan fingerprint density at radius 2 is 1.77 bits per heavy atom. The zero-order valence-electron chi connectivity index (χ0n) is 18.0. The topological polar surface area (TPSA) is 96.4 Å². The Labute approximate surface area is 176 Å². The smallest absolute Gasteiger partial charge is 0.328 e. The van der Waals surface area contributed by atoms with Crippen LogP contribution in [0.5, 0.6) is 5.75 Å². The molecule has 2 aliphatic heterocycles. The fraction of sp³-hybridized carbons (Fsp3) is 0.591. The molecule has 0 aliphatic carbocycles. The Morgan fingerprint density at radius 1 is 1.17 bits per heavy atom. The van der Waals surface area contributed by atoms with E-state index in [1.165, 1.54) is 12.0 Å². The van der Waals surface area contributed by atoms with Gasteiger partial charge < -0.3 is 19.5 Å². The number of aliphatic carboxylic acids is 1. The van der Waals surface area contributed by atoms with Gasteiger partial charge in [-0.1, -0.05) is 20.8 Å². The molecular weight excluding hydrogens is 388 g/mol. The highest BCUT2D eigenvalue weighted by molar-refractivity contribution is 5.97. The van der Waals surface area contributed by atoms with E-state index in [0.29, 0.717) is 43.7 Å². The van der Waals surface area contributed by atoms with Gasteiger partial charge in [-0.2, -0.15) is 0 Å². The minimum Gasteiger partial charge on any atom is -0.497 e. The highest BCUT2D eigenvalue weighted by Gasteiger charge is 2.54. The van der Waals surface area contributed by atoms with Gasteiger partial charge in [0, 0.05) is 37.9 Å². The molecule has 8 nitrogen and oxygen atoms in total. The summed E-state index contributed by atoms with van der Waals surface area (Å²) in [5, 5.41) is 9.68. The first-order valence-corrected chi connectivity index (χ1v) is 10.2. The first-order valence-electron chi connectivity index (χ1n) is 10.2. The van der Waals surface area contributed by atoms with Gasteiger partial charge in [-0.15, -0.1) is 0 Å². The Bertz CT molecular complexity index is 806. The molecule has 0 unspecified atom stereocenters. The lowest BCUT2D eigenvalue weighted by Gasteiger charge is -2.44. The molecule has 1 atom stereocenters. The number of likely N-dealkylation sites (tertiary alicyclic amines) is 1. The second-order valence-corrected chi connectivity index (χ2v) is 9.13. The monoisotopic (exact) mass is 418 g/mol. The van der Waals surface area contributed by atoms with Gasteiger partial charge in [0.1, 0.15) is 11.5 Å². The van der Waals surface area contributed by atoms with Crippen molar-refractivity contribution in [2.45, 2.75) is 51.8 Å². The summed E-state index contributed by atoms with van der Waals surface area (Å²) in [5.74, 6) is -0.811. The van der Waals surface area contributed by atoms with E-state index in [9.17, 15) is 19.5 Å². The zero-order chi connectivity index (χ0) is 22.1. The Balaban J connectivity index is 1.80. The largest absolute Gasteiger partial charge is 0.497 e. The van der Waals surface area contributed by atoms with Crippen molar-refractivity contribution in [3.8, 4) is 5.75 Å². The molecule has 1 aromatic rings. The molecule has 1 aromatic carbocycles. The molecule has 8 heteroatoms. The molecule has 2 saturated heterocycles. The van der Waals surface area contributed by atoms with Gasteiger partial charge in [0.05, 0.1) is 13.7 Å². The molecule has 2 aliphatic rings. The van der Waals surface area contributed by atoms with E-state index in [-0.39, 0.29) is 17.9 Å². The first-order chi connectivity index (χ1) is 14.1. The van der Waals surface area contributed by atoms with Gasteiger partial charge in [-0.25, -0.2) is 4.79 Å². The van der Waals surface area contributed by atoms with E-state index < -0.39 is 23.6 Å². The number of ether oxygens (including phenoxy) is 2. The number of carbonyl (C=O) groups is 3. The van der Waals surface area contributed by atoms with Crippen LogP contribution in [0.25, 0.3) is 0 Å². The summed E-state index contributed by atoms with van der Waals surface area (Å²) in [6.07, 6.45) is 1.20. The zero-order valence-corrected chi connectivity index (χ0v) is 18.0. The van der Waals surface area contributed by atoms with Crippen LogP contribution in [0.1, 0.15) is 50.4 Å². The van der Waals surface area contributed by atoms with Gasteiger partial charge in [0.2, 0.25) is 5.91 Å². The summed E-state index contributed by atoms with van der Waals surface area (Å²) >= 11 is 0. The normalized spacial score (nSPS) is 21.0. The predicted molar refractivity (Wildman–Crippen MR) is 109 cm³/mol. The molecule has 0 saturated carbocycles. The summed E-state index contributed by atoms with van der Waals surface area (Å²) in [4.78, 5) is 40.9. The van der Waals surface area contributed by atoms with E-state index in [1.807, 2.05) is 20.8 Å². The minimum atomic E-state index is -1.10. The van der Waals surface area contributed by atoms with Crippen LogP contribution in [0.15, 0.2) is 24.3 Å². The van der Waals surface area contributed by atoms with Gasteiger partial charge in [0.25, 0.3) is 5.91 Å². The number of nitrogens with zero attached hydrogens (tertiary/aromatic N) is 2. The Morgan fingerprint density at radius 3 is 2.27 bits per heavy atom. The molecule has 0 bridgehead atoms. The van der Waals surface area contributed by atoms with Crippen molar-refractivity contribution >= 4 is 17.8 Å². The molecule has 2 heterocycles. The average Bonchev–Trinajstić information content (AvgIpc) is 3.05. The molecule has 30 heavy (non-hydrogen) atoms.